The number of carbonyl (C=O) groups is 2. The van der Waals surface area contributed by atoms with E-state index in [4.69, 9.17) is 27.9 Å². The van der Waals surface area contributed by atoms with Crippen LogP contribution in [0.1, 0.15) is 43.9 Å². The topological polar surface area (TPSA) is 58.6 Å². The van der Waals surface area contributed by atoms with E-state index < -0.39 is 6.04 Å². The highest BCUT2D eigenvalue weighted by Gasteiger charge is 2.31. The van der Waals surface area contributed by atoms with Gasteiger partial charge in [-0.05, 0) is 76.7 Å². The van der Waals surface area contributed by atoms with Gasteiger partial charge in [0.25, 0.3) is 5.91 Å². The Morgan fingerprint density at radius 3 is 2.37 bits per heavy atom. The normalized spacial score (nSPS) is 12.5. The number of rotatable bonds is 12. The summed E-state index contributed by atoms with van der Waals surface area (Å²) < 4.78 is 6.70. The zero-order valence-corrected chi connectivity index (χ0v) is 24.9. The van der Waals surface area contributed by atoms with Crippen LogP contribution in [0, 0.1) is 0 Å². The van der Waals surface area contributed by atoms with Crippen molar-refractivity contribution < 1.29 is 14.3 Å². The van der Waals surface area contributed by atoms with E-state index in [0.29, 0.717) is 27.8 Å². The van der Waals surface area contributed by atoms with Gasteiger partial charge in [0.1, 0.15) is 11.8 Å². The minimum atomic E-state index is -0.778. The monoisotopic (exact) mass is 618 g/mol. The number of hydrogen-bond acceptors (Lipinski definition) is 3. The van der Waals surface area contributed by atoms with E-state index in [-0.39, 0.29) is 31.0 Å². The number of aryl methyl sites for hydroxylation is 1. The Bertz CT molecular complexity index is 1240. The fourth-order valence-corrected chi connectivity index (χ4v) is 4.94. The van der Waals surface area contributed by atoms with Crippen LogP contribution < -0.4 is 10.1 Å². The molecule has 0 heterocycles. The van der Waals surface area contributed by atoms with E-state index >= 15 is 0 Å². The second-order valence-electron chi connectivity index (χ2n) is 9.19. The lowest BCUT2D eigenvalue weighted by atomic mass is 10.0. The number of hydrogen-bond donors (Lipinski definition) is 1. The summed E-state index contributed by atoms with van der Waals surface area (Å²) in [5.74, 6) is 0.00141. The van der Waals surface area contributed by atoms with Crippen molar-refractivity contribution in [1.82, 2.24) is 10.2 Å². The molecule has 0 saturated carbocycles. The Morgan fingerprint density at radius 1 is 1.00 bits per heavy atom. The Kier molecular flexibility index (Phi) is 11.5. The van der Waals surface area contributed by atoms with Crippen molar-refractivity contribution in [1.29, 1.82) is 0 Å². The Hall–Kier alpha value is -2.54. The molecule has 3 aromatic carbocycles. The number of carbonyl (C=O) groups excluding carboxylic acids is 2. The number of amides is 2. The molecule has 0 radical (unpaired) electrons. The first-order valence-corrected chi connectivity index (χ1v) is 14.3. The SMILES string of the molecule is CCc1ccc(OCC(=O)N(Cc2ccc(Cl)cc2Cl)[C@@H](Cc2ccccc2)C(=O)N[C@H](C)CC)c(Br)c1. The lowest BCUT2D eigenvalue weighted by Gasteiger charge is -2.32. The lowest BCUT2D eigenvalue weighted by molar-refractivity contribution is -0.143. The van der Waals surface area contributed by atoms with Gasteiger partial charge >= 0.3 is 0 Å². The molecule has 8 heteroatoms. The number of nitrogens with one attached hydrogen (secondary N) is 1. The molecule has 1 N–H and O–H groups in total. The molecule has 202 valence electrons. The molecule has 5 nitrogen and oxygen atoms in total. The molecule has 2 atom stereocenters. The number of ether oxygens (including phenoxy) is 1. The Morgan fingerprint density at radius 2 is 1.74 bits per heavy atom. The van der Waals surface area contributed by atoms with Crippen molar-refractivity contribution in [2.45, 2.75) is 58.7 Å². The summed E-state index contributed by atoms with van der Waals surface area (Å²) >= 11 is 16.1. The molecule has 0 aliphatic rings. The average molecular weight is 620 g/mol. The van der Waals surface area contributed by atoms with Crippen LogP contribution in [0.4, 0.5) is 0 Å². The molecule has 38 heavy (non-hydrogen) atoms. The highest BCUT2D eigenvalue weighted by atomic mass is 79.9. The van der Waals surface area contributed by atoms with Gasteiger partial charge in [-0.2, -0.15) is 0 Å². The Labute approximate surface area is 243 Å². The van der Waals surface area contributed by atoms with E-state index in [1.807, 2.05) is 62.4 Å². The molecule has 2 amide bonds. The third-order valence-electron chi connectivity index (χ3n) is 6.38. The molecule has 0 fully saturated rings. The van der Waals surface area contributed by atoms with E-state index in [1.165, 1.54) is 0 Å². The molecular weight excluding hydrogens is 587 g/mol. The van der Waals surface area contributed by atoms with Crippen LogP contribution >= 0.6 is 39.1 Å². The average Bonchev–Trinajstić information content (AvgIpc) is 2.91. The fraction of sp³-hybridized carbons (Fsp3) is 0.333. The van der Waals surface area contributed by atoms with Gasteiger partial charge in [-0.25, -0.2) is 0 Å². The first kappa shape index (κ1) is 30.0. The molecule has 0 spiro atoms. The first-order valence-electron chi connectivity index (χ1n) is 12.7. The Balaban J connectivity index is 1.95. The minimum Gasteiger partial charge on any atom is -0.483 e. The van der Waals surface area contributed by atoms with E-state index in [2.05, 4.69) is 28.2 Å². The molecule has 3 rings (SSSR count). The van der Waals surface area contributed by atoms with Gasteiger partial charge in [-0.15, -0.1) is 0 Å². The number of benzene rings is 3. The van der Waals surface area contributed by atoms with Crippen LogP contribution in [0.15, 0.2) is 71.2 Å². The standard InChI is InChI=1S/C30H33BrCl2N2O3/c1-4-20(3)34-30(37)27(16-22-9-7-6-8-10-22)35(18-23-12-13-24(32)17-26(23)33)29(36)19-38-28-14-11-21(5-2)15-25(28)31/h6-15,17,20,27H,4-5,16,18-19H2,1-3H3,(H,34,37)/t20-,27+/m1/s1. The summed E-state index contributed by atoms with van der Waals surface area (Å²) in [6.07, 6.45) is 2.00. The van der Waals surface area contributed by atoms with Gasteiger partial charge in [0.05, 0.1) is 4.47 Å². The van der Waals surface area contributed by atoms with Gasteiger partial charge in [0, 0.05) is 29.1 Å². The summed E-state index contributed by atoms with van der Waals surface area (Å²) in [4.78, 5) is 28.9. The predicted molar refractivity (Wildman–Crippen MR) is 158 cm³/mol. The maximum atomic E-state index is 13.8. The van der Waals surface area contributed by atoms with Crippen LogP contribution in [0.25, 0.3) is 0 Å². The highest BCUT2D eigenvalue weighted by Crippen LogP contribution is 2.27. The smallest absolute Gasteiger partial charge is 0.261 e. The van der Waals surface area contributed by atoms with Crippen LogP contribution in [0.5, 0.6) is 5.75 Å². The summed E-state index contributed by atoms with van der Waals surface area (Å²) in [5.41, 5.74) is 2.78. The molecule has 0 unspecified atom stereocenters. The van der Waals surface area contributed by atoms with Crippen LogP contribution in [0.2, 0.25) is 10.0 Å². The van der Waals surface area contributed by atoms with E-state index in [9.17, 15) is 9.59 Å². The second kappa shape index (κ2) is 14.6. The van der Waals surface area contributed by atoms with E-state index in [0.717, 1.165) is 28.4 Å². The highest BCUT2D eigenvalue weighted by molar-refractivity contribution is 9.10. The zero-order valence-electron chi connectivity index (χ0n) is 21.8. The quantitative estimate of drug-likeness (QED) is 0.232. The number of halogens is 3. The summed E-state index contributed by atoms with van der Waals surface area (Å²) in [6.45, 7) is 5.91. The number of nitrogens with zero attached hydrogens (tertiary/aromatic N) is 1. The summed E-state index contributed by atoms with van der Waals surface area (Å²) in [7, 11) is 0. The fourth-order valence-electron chi connectivity index (χ4n) is 3.93. The molecule has 0 aliphatic carbocycles. The van der Waals surface area contributed by atoms with E-state index in [1.54, 1.807) is 23.1 Å². The van der Waals surface area contributed by atoms with Gasteiger partial charge in [0.2, 0.25) is 5.91 Å². The summed E-state index contributed by atoms with van der Waals surface area (Å²) in [6, 6.07) is 19.8. The summed E-state index contributed by atoms with van der Waals surface area (Å²) in [5, 5.41) is 3.98. The van der Waals surface area contributed by atoms with Crippen molar-refractivity contribution in [3.8, 4) is 5.75 Å². The largest absolute Gasteiger partial charge is 0.483 e. The maximum absolute atomic E-state index is 13.8. The van der Waals surface area contributed by atoms with Crippen LogP contribution in [-0.2, 0) is 29.0 Å². The molecular formula is C30H33BrCl2N2O3. The van der Waals surface area contributed by atoms with Gasteiger partial charge in [-0.3, -0.25) is 9.59 Å². The maximum Gasteiger partial charge on any atom is 0.261 e. The van der Waals surface area contributed by atoms with Crippen molar-refractivity contribution in [3.63, 3.8) is 0 Å². The molecule has 0 aliphatic heterocycles. The lowest BCUT2D eigenvalue weighted by Crippen LogP contribution is -2.53. The van der Waals surface area contributed by atoms with Crippen molar-refractivity contribution in [3.05, 3.63) is 97.9 Å². The van der Waals surface area contributed by atoms with Crippen molar-refractivity contribution in [2.24, 2.45) is 0 Å². The third kappa shape index (κ3) is 8.48. The van der Waals surface area contributed by atoms with Crippen LogP contribution in [-0.4, -0.2) is 35.4 Å². The third-order valence-corrected chi connectivity index (χ3v) is 7.59. The van der Waals surface area contributed by atoms with Gasteiger partial charge in [0.15, 0.2) is 6.61 Å². The zero-order chi connectivity index (χ0) is 27.7. The molecule has 0 saturated heterocycles. The molecule has 3 aromatic rings. The van der Waals surface area contributed by atoms with Gasteiger partial charge in [-0.1, -0.05) is 79.5 Å². The van der Waals surface area contributed by atoms with Crippen LogP contribution in [0.3, 0.4) is 0 Å². The van der Waals surface area contributed by atoms with Crippen molar-refractivity contribution in [2.75, 3.05) is 6.61 Å². The first-order chi connectivity index (χ1) is 18.2. The minimum absolute atomic E-state index is 0.0406. The molecule has 0 bridgehead atoms. The second-order valence-corrected chi connectivity index (χ2v) is 10.9. The predicted octanol–water partition coefficient (Wildman–Crippen LogP) is 7.25. The van der Waals surface area contributed by atoms with Gasteiger partial charge < -0.3 is 15.0 Å². The van der Waals surface area contributed by atoms with Crippen molar-refractivity contribution >= 4 is 50.9 Å². The molecule has 0 aromatic heterocycles.